The van der Waals surface area contributed by atoms with E-state index in [0.717, 1.165) is 10.9 Å². The molecule has 7 heavy (non-hydrogen) atoms. The number of thiocarbonyl (C=S) groups is 1. The van der Waals surface area contributed by atoms with Gasteiger partial charge in [-0.25, -0.2) is 0 Å². The van der Waals surface area contributed by atoms with E-state index in [9.17, 15) is 0 Å². The van der Waals surface area contributed by atoms with E-state index in [1.807, 2.05) is 13.2 Å². The number of thioether (sulfide) groups is 1. The molecule has 0 fully saturated rings. The molecule has 0 aromatic rings. The molecule has 0 aromatic carbocycles. The zero-order chi connectivity index (χ0) is 5.70. The smallest absolute Gasteiger partial charge is 0.154 e. The van der Waals surface area contributed by atoms with Gasteiger partial charge in [-0.1, -0.05) is 24.0 Å². The Kier molecular flexibility index (Phi) is 4.55. The molecule has 0 aromatic heterocycles. The second kappa shape index (κ2) is 4.40. The van der Waals surface area contributed by atoms with Crippen LogP contribution < -0.4 is 5.32 Å². The molecule has 0 N–H and O–H groups in total. The van der Waals surface area contributed by atoms with Gasteiger partial charge in [-0.05, 0) is 13.2 Å². The maximum Gasteiger partial charge on any atom is 0.154 e. The van der Waals surface area contributed by atoms with Crippen LogP contribution in [0.1, 0.15) is 6.92 Å². The molecule has 1 radical (unpaired) electrons. The first-order valence-electron chi connectivity index (χ1n) is 2.06. The Bertz CT molecular complexity index is 62.7. The molecule has 3 heteroatoms. The zero-order valence-electron chi connectivity index (χ0n) is 4.47. The summed E-state index contributed by atoms with van der Waals surface area (Å²) in [6, 6.07) is 0. The topological polar surface area (TPSA) is 14.1 Å². The van der Waals surface area contributed by atoms with Gasteiger partial charge in [0.2, 0.25) is 0 Å². The highest BCUT2D eigenvalue weighted by molar-refractivity contribution is 8.22. The number of rotatable bonds is 1. The standard InChI is InChI=1S/C4H8NS2/c1-3-5-4(6)7-2/h3H2,1-2H3. The quantitative estimate of drug-likeness (QED) is 0.501. The van der Waals surface area contributed by atoms with Gasteiger partial charge in [0, 0.05) is 6.54 Å². The minimum absolute atomic E-state index is 0.752. The Morgan fingerprint density at radius 2 is 2.43 bits per heavy atom. The summed E-state index contributed by atoms with van der Waals surface area (Å²) in [4.78, 5) is 0. The van der Waals surface area contributed by atoms with Gasteiger partial charge in [-0.15, -0.1) is 0 Å². The van der Waals surface area contributed by atoms with Crippen LogP contribution in [0.2, 0.25) is 0 Å². The summed E-state index contributed by atoms with van der Waals surface area (Å²) in [6.07, 6.45) is 1.93. The van der Waals surface area contributed by atoms with Gasteiger partial charge in [-0.3, -0.25) is 5.32 Å². The van der Waals surface area contributed by atoms with Gasteiger partial charge in [0.15, 0.2) is 4.32 Å². The van der Waals surface area contributed by atoms with Gasteiger partial charge < -0.3 is 0 Å². The van der Waals surface area contributed by atoms with Crippen LogP contribution >= 0.6 is 24.0 Å². The molecule has 0 bridgehead atoms. The van der Waals surface area contributed by atoms with E-state index in [0.29, 0.717) is 0 Å². The van der Waals surface area contributed by atoms with Gasteiger partial charge >= 0.3 is 0 Å². The number of hydrogen-bond acceptors (Lipinski definition) is 2. The van der Waals surface area contributed by atoms with Crippen molar-refractivity contribution in [3.05, 3.63) is 0 Å². The van der Waals surface area contributed by atoms with Crippen molar-refractivity contribution in [1.82, 2.24) is 5.32 Å². The molecule has 1 nitrogen and oxygen atoms in total. The molecule has 0 rings (SSSR count). The van der Waals surface area contributed by atoms with Crippen molar-refractivity contribution < 1.29 is 0 Å². The van der Waals surface area contributed by atoms with Crippen molar-refractivity contribution in [2.24, 2.45) is 0 Å². The van der Waals surface area contributed by atoms with Crippen LogP contribution in [0, 0.1) is 0 Å². The Hall–Kier alpha value is 0.240. The first kappa shape index (κ1) is 7.24. The van der Waals surface area contributed by atoms with Crippen molar-refractivity contribution in [2.45, 2.75) is 6.92 Å². The molecule has 0 spiro atoms. The van der Waals surface area contributed by atoms with Crippen LogP contribution in [-0.2, 0) is 0 Å². The summed E-state index contributed by atoms with van der Waals surface area (Å²) in [5.74, 6) is 0. The average molecular weight is 134 g/mol. The molecule has 0 atom stereocenters. The first-order valence-corrected chi connectivity index (χ1v) is 3.70. The van der Waals surface area contributed by atoms with Crippen molar-refractivity contribution in [3.8, 4) is 0 Å². The predicted octanol–water partition coefficient (Wildman–Crippen LogP) is 1.26. The van der Waals surface area contributed by atoms with E-state index >= 15 is 0 Å². The van der Waals surface area contributed by atoms with E-state index in [1.54, 1.807) is 0 Å². The molecule has 0 saturated carbocycles. The average Bonchev–Trinajstić information content (AvgIpc) is 1.68. The molecular weight excluding hydrogens is 126 g/mol. The molecule has 0 aliphatic carbocycles. The molecule has 0 aliphatic rings. The Morgan fingerprint density at radius 1 is 1.86 bits per heavy atom. The second-order valence-electron chi connectivity index (χ2n) is 0.944. The highest BCUT2D eigenvalue weighted by Crippen LogP contribution is 1.93. The third kappa shape index (κ3) is 4.09. The van der Waals surface area contributed by atoms with Crippen molar-refractivity contribution in [2.75, 3.05) is 12.8 Å². The van der Waals surface area contributed by atoms with Crippen LogP contribution in [0.5, 0.6) is 0 Å². The summed E-state index contributed by atoms with van der Waals surface area (Å²) in [5, 5.41) is 3.94. The Morgan fingerprint density at radius 3 is 2.57 bits per heavy atom. The van der Waals surface area contributed by atoms with E-state index in [2.05, 4.69) is 5.32 Å². The summed E-state index contributed by atoms with van der Waals surface area (Å²) in [6.45, 7) is 2.78. The molecule has 0 amide bonds. The van der Waals surface area contributed by atoms with Crippen LogP contribution in [0.4, 0.5) is 0 Å². The van der Waals surface area contributed by atoms with Crippen LogP contribution in [0.3, 0.4) is 0 Å². The maximum atomic E-state index is 4.75. The van der Waals surface area contributed by atoms with E-state index in [-0.39, 0.29) is 0 Å². The van der Waals surface area contributed by atoms with E-state index < -0.39 is 0 Å². The third-order valence-corrected chi connectivity index (χ3v) is 1.57. The van der Waals surface area contributed by atoms with Crippen LogP contribution in [0.25, 0.3) is 0 Å². The molecule has 0 unspecified atom stereocenters. The second-order valence-corrected chi connectivity index (χ2v) is 2.38. The Balaban J connectivity index is 3.00. The monoisotopic (exact) mass is 134 g/mol. The first-order chi connectivity index (χ1) is 3.31. The fourth-order valence-corrected chi connectivity index (χ4v) is 0.581. The highest BCUT2D eigenvalue weighted by Gasteiger charge is 1.86. The summed E-state index contributed by atoms with van der Waals surface area (Å²) >= 11 is 6.26. The van der Waals surface area contributed by atoms with Gasteiger partial charge in [0.1, 0.15) is 0 Å². The van der Waals surface area contributed by atoms with Crippen molar-refractivity contribution in [1.29, 1.82) is 0 Å². The number of nitrogens with zero attached hydrogens (tertiary/aromatic N) is 1. The van der Waals surface area contributed by atoms with Crippen molar-refractivity contribution in [3.63, 3.8) is 0 Å². The predicted molar refractivity (Wildman–Crippen MR) is 38.8 cm³/mol. The zero-order valence-corrected chi connectivity index (χ0v) is 6.10. The lowest BCUT2D eigenvalue weighted by Gasteiger charge is -1.92. The number of hydrogen-bond donors (Lipinski definition) is 0. The molecule has 0 aliphatic heterocycles. The summed E-state index contributed by atoms with van der Waals surface area (Å²) in [5.41, 5.74) is 0. The fraction of sp³-hybridized carbons (Fsp3) is 0.750. The normalized spacial score (nSPS) is 8.29. The largest absolute Gasteiger partial charge is 0.268 e. The molecule has 41 valence electrons. The van der Waals surface area contributed by atoms with Gasteiger partial charge in [0.05, 0.1) is 0 Å². The minimum Gasteiger partial charge on any atom is -0.268 e. The lowest BCUT2D eigenvalue weighted by Crippen LogP contribution is -2.06. The van der Waals surface area contributed by atoms with E-state index in [1.165, 1.54) is 11.8 Å². The third-order valence-electron chi connectivity index (χ3n) is 0.462. The van der Waals surface area contributed by atoms with Gasteiger partial charge in [0.25, 0.3) is 0 Å². The highest BCUT2D eigenvalue weighted by atomic mass is 32.2. The summed E-state index contributed by atoms with van der Waals surface area (Å²) < 4.78 is 0.752. The van der Waals surface area contributed by atoms with Crippen LogP contribution in [0.15, 0.2) is 0 Å². The summed E-state index contributed by atoms with van der Waals surface area (Å²) in [7, 11) is 0. The van der Waals surface area contributed by atoms with E-state index in [4.69, 9.17) is 12.2 Å². The maximum absolute atomic E-state index is 4.75. The minimum atomic E-state index is 0.752. The SMILES string of the molecule is CC[N]C(=S)SC. The van der Waals surface area contributed by atoms with Gasteiger partial charge in [-0.2, -0.15) is 0 Å². The lowest BCUT2D eigenvalue weighted by molar-refractivity contribution is 0.978. The molecule has 0 saturated heterocycles. The fourth-order valence-electron chi connectivity index (χ4n) is 0.194. The lowest BCUT2D eigenvalue weighted by atomic mass is 10.8. The van der Waals surface area contributed by atoms with Crippen molar-refractivity contribution >= 4 is 28.3 Å². The Labute approximate surface area is 53.9 Å². The molecular formula is C4H8NS2. The van der Waals surface area contributed by atoms with Crippen LogP contribution in [-0.4, -0.2) is 17.1 Å². The molecule has 0 heterocycles.